The van der Waals surface area contributed by atoms with Gasteiger partial charge in [0.1, 0.15) is 0 Å². The Hall–Kier alpha value is -1.07. The molecule has 0 bridgehead atoms. The molecule has 2 aromatic rings. The Morgan fingerprint density at radius 1 is 1.07 bits per heavy atom. The maximum absolute atomic E-state index is 5.80. The number of anilines is 1. The first-order chi connectivity index (χ1) is 7.27. The molecule has 5 heteroatoms. The molecule has 0 unspecified atom stereocenters. The van der Waals surface area contributed by atoms with Gasteiger partial charge in [-0.15, -0.1) is 0 Å². The van der Waals surface area contributed by atoms with Crippen LogP contribution in [0, 0.1) is 0 Å². The van der Waals surface area contributed by atoms with Crippen LogP contribution in [0.3, 0.4) is 0 Å². The van der Waals surface area contributed by atoms with Crippen molar-refractivity contribution in [1.82, 2.24) is 9.97 Å². The van der Waals surface area contributed by atoms with E-state index in [1.807, 2.05) is 12.1 Å². The average Bonchev–Trinajstić information content (AvgIpc) is 2.24. The van der Waals surface area contributed by atoms with Crippen molar-refractivity contribution in [3.05, 3.63) is 41.4 Å². The molecule has 0 aliphatic rings. The molecule has 2 N–H and O–H groups in total. The summed E-state index contributed by atoms with van der Waals surface area (Å²) in [4.78, 5) is 10.0. The van der Waals surface area contributed by atoms with E-state index in [-0.39, 0.29) is 0 Å². The molecule has 0 aromatic carbocycles. The average molecular weight is 282 g/mol. The van der Waals surface area contributed by atoms with E-state index in [1.54, 1.807) is 36.5 Å². The summed E-state index contributed by atoms with van der Waals surface area (Å²) in [6.45, 7) is 0. The molecule has 0 spiro atoms. The van der Waals surface area contributed by atoms with Crippen LogP contribution in [-0.2, 0) is 0 Å². The van der Waals surface area contributed by atoms with Gasteiger partial charge in [-0.05, 0) is 28.1 Å². The molecule has 2 rings (SSSR count). The van der Waals surface area contributed by atoms with E-state index in [9.17, 15) is 0 Å². The van der Waals surface area contributed by atoms with Crippen molar-refractivity contribution in [3.63, 3.8) is 0 Å². The van der Waals surface area contributed by atoms with Gasteiger partial charge in [-0.3, -0.25) is 9.97 Å². The molecule has 0 saturated heterocycles. The van der Waals surface area contributed by atoms with Gasteiger partial charge < -0.3 is 5.73 Å². The smallest absolute Gasteiger partial charge is 0.0642 e. The van der Waals surface area contributed by atoms with Crippen LogP contribution in [0.5, 0.6) is 0 Å². The Balaban J connectivity index is 2.30. The molecule has 0 aliphatic heterocycles. The van der Waals surface area contributed by atoms with Crippen molar-refractivity contribution < 1.29 is 0 Å². The fraction of sp³-hybridized carbons (Fsp3) is 0. The second kappa shape index (κ2) is 4.63. The maximum atomic E-state index is 5.80. The summed E-state index contributed by atoms with van der Waals surface area (Å²) in [6, 6.07) is 3.83. The SMILES string of the molecule is Nc1cnccc1Sc1ccncc1Br. The van der Waals surface area contributed by atoms with Crippen LogP contribution in [-0.4, -0.2) is 9.97 Å². The zero-order valence-electron chi connectivity index (χ0n) is 7.72. The van der Waals surface area contributed by atoms with Crippen LogP contribution in [0.4, 0.5) is 5.69 Å². The standard InChI is InChI=1S/C10H8BrN3S/c11-7-5-13-3-1-9(7)15-10-2-4-14-6-8(10)12/h1-6H,12H2. The summed E-state index contributed by atoms with van der Waals surface area (Å²) in [6.07, 6.45) is 6.90. The molecule has 0 saturated carbocycles. The maximum Gasteiger partial charge on any atom is 0.0642 e. The Kier molecular flexibility index (Phi) is 3.23. The zero-order valence-corrected chi connectivity index (χ0v) is 10.1. The van der Waals surface area contributed by atoms with Crippen LogP contribution in [0.2, 0.25) is 0 Å². The largest absolute Gasteiger partial charge is 0.397 e. The summed E-state index contributed by atoms with van der Waals surface area (Å²) in [5, 5.41) is 0. The van der Waals surface area contributed by atoms with Crippen molar-refractivity contribution in [2.45, 2.75) is 9.79 Å². The third-order valence-electron chi connectivity index (χ3n) is 1.77. The number of nitrogen functional groups attached to an aromatic ring is 1. The summed E-state index contributed by atoms with van der Waals surface area (Å²) in [5.74, 6) is 0. The topological polar surface area (TPSA) is 51.8 Å². The van der Waals surface area contributed by atoms with Gasteiger partial charge in [-0.2, -0.15) is 0 Å². The molecule has 0 amide bonds. The number of hydrogen-bond acceptors (Lipinski definition) is 4. The highest BCUT2D eigenvalue weighted by Gasteiger charge is 2.04. The monoisotopic (exact) mass is 281 g/mol. The Morgan fingerprint density at radius 2 is 1.73 bits per heavy atom. The van der Waals surface area contributed by atoms with Crippen LogP contribution in [0.15, 0.2) is 51.2 Å². The minimum Gasteiger partial charge on any atom is -0.397 e. The van der Waals surface area contributed by atoms with Gasteiger partial charge in [0, 0.05) is 32.9 Å². The van der Waals surface area contributed by atoms with E-state index < -0.39 is 0 Å². The lowest BCUT2D eigenvalue weighted by atomic mass is 10.4. The second-order valence-electron chi connectivity index (χ2n) is 2.82. The first-order valence-electron chi connectivity index (χ1n) is 4.24. The second-order valence-corrected chi connectivity index (χ2v) is 4.76. The van der Waals surface area contributed by atoms with Gasteiger partial charge in [0.15, 0.2) is 0 Å². The fourth-order valence-electron chi connectivity index (χ4n) is 1.05. The van der Waals surface area contributed by atoms with Gasteiger partial charge >= 0.3 is 0 Å². The molecular weight excluding hydrogens is 274 g/mol. The lowest BCUT2D eigenvalue weighted by Crippen LogP contribution is -1.89. The van der Waals surface area contributed by atoms with Crippen molar-refractivity contribution in [2.75, 3.05) is 5.73 Å². The van der Waals surface area contributed by atoms with E-state index >= 15 is 0 Å². The lowest BCUT2D eigenvalue weighted by molar-refractivity contribution is 1.22. The van der Waals surface area contributed by atoms with Gasteiger partial charge in [-0.1, -0.05) is 11.8 Å². The summed E-state index contributed by atoms with van der Waals surface area (Å²) >= 11 is 5.03. The zero-order chi connectivity index (χ0) is 10.7. The molecule has 2 heterocycles. The number of nitrogens with zero attached hydrogens (tertiary/aromatic N) is 2. The van der Waals surface area contributed by atoms with E-state index in [0.29, 0.717) is 5.69 Å². The minimum absolute atomic E-state index is 0.686. The van der Waals surface area contributed by atoms with Gasteiger partial charge in [-0.25, -0.2) is 0 Å². The van der Waals surface area contributed by atoms with Gasteiger partial charge in [0.25, 0.3) is 0 Å². The third-order valence-corrected chi connectivity index (χ3v) is 3.83. The highest BCUT2D eigenvalue weighted by atomic mass is 79.9. The molecule has 0 fully saturated rings. The molecular formula is C10H8BrN3S. The minimum atomic E-state index is 0.686. The van der Waals surface area contributed by atoms with E-state index in [0.717, 1.165) is 14.3 Å². The van der Waals surface area contributed by atoms with E-state index in [4.69, 9.17) is 5.73 Å². The number of nitrogens with two attached hydrogens (primary N) is 1. The Labute approximate surface area is 100 Å². The summed E-state index contributed by atoms with van der Waals surface area (Å²) < 4.78 is 0.964. The van der Waals surface area contributed by atoms with Gasteiger partial charge in [0.2, 0.25) is 0 Å². The molecule has 2 aromatic heterocycles. The quantitative estimate of drug-likeness (QED) is 0.920. The van der Waals surface area contributed by atoms with Crippen LogP contribution in [0.1, 0.15) is 0 Å². The molecule has 0 aliphatic carbocycles. The number of pyridine rings is 2. The molecule has 0 atom stereocenters. The molecule has 15 heavy (non-hydrogen) atoms. The number of hydrogen-bond donors (Lipinski definition) is 1. The van der Waals surface area contributed by atoms with E-state index in [2.05, 4.69) is 25.9 Å². The molecule has 0 radical (unpaired) electrons. The van der Waals surface area contributed by atoms with Crippen molar-refractivity contribution in [3.8, 4) is 0 Å². The summed E-state index contributed by atoms with van der Waals surface area (Å²) in [7, 11) is 0. The normalized spacial score (nSPS) is 10.2. The van der Waals surface area contributed by atoms with Crippen molar-refractivity contribution in [1.29, 1.82) is 0 Å². The van der Waals surface area contributed by atoms with Crippen molar-refractivity contribution >= 4 is 33.4 Å². The first-order valence-corrected chi connectivity index (χ1v) is 5.85. The number of halogens is 1. The third kappa shape index (κ3) is 2.49. The van der Waals surface area contributed by atoms with Crippen molar-refractivity contribution in [2.24, 2.45) is 0 Å². The Bertz CT molecular complexity index is 432. The van der Waals surface area contributed by atoms with Crippen LogP contribution in [0.25, 0.3) is 0 Å². The van der Waals surface area contributed by atoms with Crippen LogP contribution < -0.4 is 5.73 Å². The highest BCUT2D eigenvalue weighted by molar-refractivity contribution is 9.10. The highest BCUT2D eigenvalue weighted by Crippen LogP contribution is 2.35. The number of rotatable bonds is 2. The predicted octanol–water partition coefficient (Wildman–Crippen LogP) is 2.97. The van der Waals surface area contributed by atoms with Crippen LogP contribution >= 0.6 is 27.7 Å². The van der Waals surface area contributed by atoms with Gasteiger partial charge in [0.05, 0.1) is 11.9 Å². The fourth-order valence-corrected chi connectivity index (χ4v) is 2.36. The van der Waals surface area contributed by atoms with E-state index in [1.165, 1.54) is 0 Å². The predicted molar refractivity (Wildman–Crippen MR) is 64.7 cm³/mol. The molecule has 3 nitrogen and oxygen atoms in total. The number of aromatic nitrogens is 2. The Morgan fingerprint density at radius 3 is 2.40 bits per heavy atom. The lowest BCUT2D eigenvalue weighted by Gasteiger charge is -2.05. The summed E-state index contributed by atoms with van der Waals surface area (Å²) in [5.41, 5.74) is 6.49. The first kappa shape index (κ1) is 10.4. The molecule has 76 valence electrons.